The van der Waals surface area contributed by atoms with E-state index in [1.54, 1.807) is 0 Å². The predicted molar refractivity (Wildman–Crippen MR) is 66.1 cm³/mol. The summed E-state index contributed by atoms with van der Waals surface area (Å²) in [6, 6.07) is 4.17. The van der Waals surface area contributed by atoms with Crippen molar-refractivity contribution in [3.05, 3.63) is 30.1 Å². The predicted octanol–water partition coefficient (Wildman–Crippen LogP) is 2.27. The zero-order valence-electron chi connectivity index (χ0n) is 8.93. The van der Waals surface area contributed by atoms with Crippen LogP contribution in [0.25, 0.3) is 0 Å². The Morgan fingerprint density at radius 1 is 1.47 bits per heavy atom. The summed E-state index contributed by atoms with van der Waals surface area (Å²) in [5.74, 6) is 3.86. The van der Waals surface area contributed by atoms with Crippen molar-refractivity contribution < 1.29 is 0 Å². The van der Waals surface area contributed by atoms with E-state index < -0.39 is 0 Å². The molecule has 2 N–H and O–H groups in total. The lowest BCUT2D eigenvalue weighted by molar-refractivity contribution is 0.400. The molecule has 1 unspecified atom stereocenters. The molecular weight excluding hydrogens is 204 g/mol. The smallest absolute Gasteiger partial charge is 0.0303 e. The molecule has 1 aromatic heterocycles. The molecule has 0 aromatic carbocycles. The molecule has 0 bridgehead atoms. The van der Waals surface area contributed by atoms with Crippen LogP contribution in [0.5, 0.6) is 0 Å². The van der Waals surface area contributed by atoms with E-state index in [0.29, 0.717) is 5.92 Å². The van der Waals surface area contributed by atoms with Crippen molar-refractivity contribution in [3.8, 4) is 0 Å². The van der Waals surface area contributed by atoms with Gasteiger partial charge in [0.25, 0.3) is 0 Å². The van der Waals surface area contributed by atoms with E-state index in [1.165, 1.54) is 29.9 Å². The summed E-state index contributed by atoms with van der Waals surface area (Å²) in [6.07, 6.45) is 6.41. The number of hydrogen-bond acceptors (Lipinski definition) is 3. The molecule has 1 saturated heterocycles. The quantitative estimate of drug-likeness (QED) is 0.852. The van der Waals surface area contributed by atoms with E-state index in [0.717, 1.165) is 12.5 Å². The van der Waals surface area contributed by atoms with Gasteiger partial charge in [-0.25, -0.2) is 0 Å². The third-order valence-electron chi connectivity index (χ3n) is 3.20. The number of thioether (sulfide) groups is 1. The Balaban J connectivity index is 2.09. The normalized spacial score (nSPS) is 20.1. The summed E-state index contributed by atoms with van der Waals surface area (Å²) in [6.45, 7) is 0.751. The number of rotatable bonds is 3. The third-order valence-corrected chi connectivity index (χ3v) is 4.25. The first-order valence-corrected chi connectivity index (χ1v) is 6.75. The fourth-order valence-corrected chi connectivity index (χ4v) is 3.46. The first-order chi connectivity index (χ1) is 7.42. The molecule has 0 amide bonds. The van der Waals surface area contributed by atoms with E-state index in [1.807, 2.05) is 18.5 Å². The van der Waals surface area contributed by atoms with Crippen LogP contribution in [0.15, 0.2) is 24.5 Å². The van der Waals surface area contributed by atoms with Gasteiger partial charge in [0.1, 0.15) is 0 Å². The highest BCUT2D eigenvalue weighted by Crippen LogP contribution is 2.34. The Morgan fingerprint density at radius 2 is 2.27 bits per heavy atom. The van der Waals surface area contributed by atoms with E-state index >= 15 is 0 Å². The van der Waals surface area contributed by atoms with Gasteiger partial charge < -0.3 is 5.73 Å². The first kappa shape index (κ1) is 11.0. The summed E-state index contributed by atoms with van der Waals surface area (Å²) in [5, 5.41) is 0. The fourth-order valence-electron chi connectivity index (χ4n) is 2.31. The van der Waals surface area contributed by atoms with E-state index in [4.69, 9.17) is 5.73 Å². The maximum Gasteiger partial charge on any atom is 0.0303 e. The van der Waals surface area contributed by atoms with Crippen molar-refractivity contribution >= 4 is 11.8 Å². The van der Waals surface area contributed by atoms with Crippen LogP contribution in [0.3, 0.4) is 0 Å². The zero-order chi connectivity index (χ0) is 10.5. The van der Waals surface area contributed by atoms with Crippen molar-refractivity contribution in [3.63, 3.8) is 0 Å². The van der Waals surface area contributed by atoms with Crippen LogP contribution in [-0.4, -0.2) is 23.0 Å². The molecule has 1 fully saturated rings. The van der Waals surface area contributed by atoms with Crippen molar-refractivity contribution in [2.75, 3.05) is 18.1 Å². The summed E-state index contributed by atoms with van der Waals surface area (Å²) in [5.41, 5.74) is 7.22. The summed E-state index contributed by atoms with van der Waals surface area (Å²) in [7, 11) is 0. The molecule has 0 spiro atoms. The zero-order valence-corrected chi connectivity index (χ0v) is 9.75. The van der Waals surface area contributed by atoms with E-state index in [9.17, 15) is 0 Å². The Bertz CT molecular complexity index is 283. The summed E-state index contributed by atoms with van der Waals surface area (Å²) < 4.78 is 0. The second-order valence-electron chi connectivity index (χ2n) is 4.08. The van der Waals surface area contributed by atoms with Crippen LogP contribution in [0.2, 0.25) is 0 Å². The molecule has 2 nitrogen and oxygen atoms in total. The molecule has 1 aromatic rings. The van der Waals surface area contributed by atoms with Gasteiger partial charge >= 0.3 is 0 Å². The van der Waals surface area contributed by atoms with Crippen molar-refractivity contribution in [2.24, 2.45) is 11.7 Å². The maximum absolute atomic E-state index is 5.90. The Labute approximate surface area is 95.7 Å². The molecule has 2 heterocycles. The van der Waals surface area contributed by atoms with Crippen molar-refractivity contribution in [2.45, 2.75) is 18.8 Å². The second-order valence-corrected chi connectivity index (χ2v) is 5.30. The van der Waals surface area contributed by atoms with Gasteiger partial charge in [-0.15, -0.1) is 0 Å². The summed E-state index contributed by atoms with van der Waals surface area (Å²) in [4.78, 5) is 4.19. The molecule has 1 atom stereocenters. The number of nitrogens with zero attached hydrogens (tertiary/aromatic N) is 1. The summed E-state index contributed by atoms with van der Waals surface area (Å²) >= 11 is 2.07. The Hall–Kier alpha value is -0.540. The molecule has 15 heavy (non-hydrogen) atoms. The van der Waals surface area contributed by atoms with Crippen LogP contribution in [0.4, 0.5) is 0 Å². The van der Waals surface area contributed by atoms with Crippen molar-refractivity contribution in [1.82, 2.24) is 4.98 Å². The van der Waals surface area contributed by atoms with Crippen LogP contribution in [-0.2, 0) is 0 Å². The molecule has 0 saturated carbocycles. The Kier molecular flexibility index (Phi) is 4.03. The third kappa shape index (κ3) is 2.73. The lowest BCUT2D eigenvalue weighted by atomic mass is 9.83. The lowest BCUT2D eigenvalue weighted by Gasteiger charge is -2.29. The average Bonchev–Trinajstić information content (AvgIpc) is 2.33. The Morgan fingerprint density at radius 3 is 2.87 bits per heavy atom. The fraction of sp³-hybridized carbons (Fsp3) is 0.583. The number of nitrogens with two attached hydrogens (primary N) is 1. The molecular formula is C12H18N2S. The van der Waals surface area contributed by atoms with Gasteiger partial charge in [-0.2, -0.15) is 11.8 Å². The minimum absolute atomic E-state index is 0.514. The second kappa shape index (κ2) is 5.52. The van der Waals surface area contributed by atoms with Crippen LogP contribution in [0, 0.1) is 5.92 Å². The van der Waals surface area contributed by atoms with Gasteiger partial charge in [-0.05, 0) is 48.4 Å². The average molecular weight is 222 g/mol. The highest BCUT2D eigenvalue weighted by atomic mass is 32.2. The molecule has 1 aliphatic rings. The minimum atomic E-state index is 0.514. The highest BCUT2D eigenvalue weighted by Gasteiger charge is 2.23. The number of hydrogen-bond donors (Lipinski definition) is 1. The standard InChI is InChI=1S/C12H18N2S/c13-8-12(10-3-6-15-7-4-10)11-2-1-5-14-9-11/h1-2,5,9-10,12H,3-4,6-8,13H2. The molecule has 3 heteroatoms. The molecule has 0 aliphatic carbocycles. The van der Waals surface area contributed by atoms with Gasteiger partial charge in [0.15, 0.2) is 0 Å². The van der Waals surface area contributed by atoms with Crippen LogP contribution >= 0.6 is 11.8 Å². The van der Waals surface area contributed by atoms with Crippen LogP contribution in [0.1, 0.15) is 24.3 Å². The van der Waals surface area contributed by atoms with Crippen molar-refractivity contribution in [1.29, 1.82) is 0 Å². The lowest BCUT2D eigenvalue weighted by Crippen LogP contribution is -2.25. The largest absolute Gasteiger partial charge is 0.330 e. The number of pyridine rings is 1. The SMILES string of the molecule is NCC(c1cccnc1)C1CCSCC1. The molecule has 0 radical (unpaired) electrons. The van der Waals surface area contributed by atoms with Gasteiger partial charge in [0.05, 0.1) is 0 Å². The highest BCUT2D eigenvalue weighted by molar-refractivity contribution is 7.99. The van der Waals surface area contributed by atoms with Gasteiger partial charge in [0, 0.05) is 18.3 Å². The van der Waals surface area contributed by atoms with Crippen LogP contribution < -0.4 is 5.73 Å². The van der Waals surface area contributed by atoms with E-state index in [-0.39, 0.29) is 0 Å². The minimum Gasteiger partial charge on any atom is -0.330 e. The molecule has 2 rings (SSSR count). The molecule has 1 aliphatic heterocycles. The van der Waals surface area contributed by atoms with Gasteiger partial charge in [0.2, 0.25) is 0 Å². The monoisotopic (exact) mass is 222 g/mol. The number of aromatic nitrogens is 1. The molecule has 82 valence electrons. The van der Waals surface area contributed by atoms with Gasteiger partial charge in [-0.3, -0.25) is 4.98 Å². The van der Waals surface area contributed by atoms with Gasteiger partial charge in [-0.1, -0.05) is 6.07 Å². The topological polar surface area (TPSA) is 38.9 Å². The van der Waals surface area contributed by atoms with E-state index in [2.05, 4.69) is 22.8 Å². The first-order valence-electron chi connectivity index (χ1n) is 5.59. The maximum atomic E-state index is 5.90.